The van der Waals surface area contributed by atoms with Crippen LogP contribution >= 0.6 is 0 Å². The van der Waals surface area contributed by atoms with E-state index in [9.17, 15) is 13.2 Å². The van der Waals surface area contributed by atoms with Gasteiger partial charge in [0.25, 0.3) is 0 Å². The van der Waals surface area contributed by atoms with Crippen molar-refractivity contribution in [3.63, 3.8) is 0 Å². The number of hydrogen-bond donors (Lipinski definition) is 0. The molecule has 0 radical (unpaired) electrons. The molecule has 0 aromatic carbocycles. The lowest BCUT2D eigenvalue weighted by atomic mass is 10.1. The highest BCUT2D eigenvalue weighted by Crippen LogP contribution is 2.20. The minimum atomic E-state index is -4.31. The van der Waals surface area contributed by atoms with Crippen LogP contribution in [0.5, 0.6) is 0 Å². The van der Waals surface area contributed by atoms with Crippen molar-refractivity contribution in [2.45, 2.75) is 32.1 Å². The summed E-state index contributed by atoms with van der Waals surface area (Å²) in [5.41, 5.74) is 0. The first-order valence-electron chi connectivity index (χ1n) is 5.22. The molecule has 0 amide bonds. The maximum Gasteiger partial charge on any atom is 0.408 e. The first-order chi connectivity index (χ1) is 8.46. The molecule has 2 aromatic heterocycles. The number of alkyl halides is 3. The molecule has 0 saturated carbocycles. The van der Waals surface area contributed by atoms with Crippen molar-refractivity contribution in [3.05, 3.63) is 24.8 Å². The van der Waals surface area contributed by atoms with E-state index in [0.717, 1.165) is 11.0 Å². The molecule has 0 bridgehead atoms. The summed E-state index contributed by atoms with van der Waals surface area (Å²) in [7, 11) is 0. The van der Waals surface area contributed by atoms with Gasteiger partial charge in [-0.3, -0.25) is 4.68 Å². The molecule has 9 heteroatoms. The molecule has 98 valence electrons. The second kappa shape index (κ2) is 4.75. The molecular formula is C9H11F3N6. The molecule has 0 N–H and O–H groups in total. The Hall–Kier alpha value is -1.93. The number of rotatable bonds is 4. The molecule has 18 heavy (non-hydrogen) atoms. The van der Waals surface area contributed by atoms with E-state index >= 15 is 0 Å². The van der Waals surface area contributed by atoms with Gasteiger partial charge in [-0.15, -0.1) is 0 Å². The summed E-state index contributed by atoms with van der Waals surface area (Å²) in [4.78, 5) is 7.64. The molecule has 1 unspecified atom stereocenters. The van der Waals surface area contributed by atoms with Crippen LogP contribution in [0.25, 0.3) is 0 Å². The van der Waals surface area contributed by atoms with Crippen LogP contribution in [0, 0.1) is 0 Å². The van der Waals surface area contributed by atoms with Gasteiger partial charge in [0.1, 0.15) is 31.4 Å². The van der Waals surface area contributed by atoms with Gasteiger partial charge in [0.15, 0.2) is 0 Å². The normalized spacial score (nSPS) is 13.8. The van der Waals surface area contributed by atoms with E-state index in [2.05, 4.69) is 20.2 Å². The summed E-state index contributed by atoms with van der Waals surface area (Å²) < 4.78 is 39.4. The Morgan fingerprint density at radius 2 is 2.06 bits per heavy atom. The highest BCUT2D eigenvalue weighted by Gasteiger charge is 2.30. The van der Waals surface area contributed by atoms with E-state index in [-0.39, 0.29) is 11.7 Å². The Balaban J connectivity index is 2.11. The maximum absolute atomic E-state index is 12.3. The Bertz CT molecular complexity index is 489. The standard InChI is InChI=1S/C9H11F3N6/c1-7(2-17-6-13-4-15-17)8-14-5-16-18(8)3-9(10,11)12/h4-7H,2-3H2,1H3. The lowest BCUT2D eigenvalue weighted by molar-refractivity contribution is -0.143. The average Bonchev–Trinajstić information content (AvgIpc) is 2.86. The van der Waals surface area contributed by atoms with Crippen LogP contribution < -0.4 is 0 Å². The average molecular weight is 260 g/mol. The molecule has 2 heterocycles. The van der Waals surface area contributed by atoms with E-state index in [0.29, 0.717) is 6.54 Å². The molecule has 2 rings (SSSR count). The Labute approximate surface area is 100 Å². The van der Waals surface area contributed by atoms with Crippen LogP contribution in [-0.2, 0) is 13.1 Å². The summed E-state index contributed by atoms with van der Waals surface area (Å²) in [6.45, 7) is 1.03. The zero-order chi connectivity index (χ0) is 13.2. The summed E-state index contributed by atoms with van der Waals surface area (Å²) in [6.07, 6.45) is -0.317. The first kappa shape index (κ1) is 12.5. The van der Waals surface area contributed by atoms with Crippen molar-refractivity contribution in [1.29, 1.82) is 0 Å². The minimum absolute atomic E-state index is 0.239. The molecule has 6 nitrogen and oxygen atoms in total. The summed E-state index contributed by atoms with van der Waals surface area (Å²) >= 11 is 0. The van der Waals surface area contributed by atoms with Gasteiger partial charge in [-0.05, 0) is 0 Å². The van der Waals surface area contributed by atoms with E-state index in [4.69, 9.17) is 0 Å². The number of hydrogen-bond acceptors (Lipinski definition) is 4. The topological polar surface area (TPSA) is 61.4 Å². The fraction of sp³-hybridized carbons (Fsp3) is 0.556. The fourth-order valence-electron chi connectivity index (χ4n) is 1.64. The predicted octanol–water partition coefficient (Wildman–Crippen LogP) is 1.24. The minimum Gasteiger partial charge on any atom is -0.252 e. The Kier molecular flexibility index (Phi) is 3.30. The summed E-state index contributed by atoms with van der Waals surface area (Å²) in [5.74, 6) is 0.0411. The molecule has 0 spiro atoms. The van der Waals surface area contributed by atoms with Gasteiger partial charge >= 0.3 is 6.18 Å². The monoisotopic (exact) mass is 260 g/mol. The molecule has 1 atom stereocenters. The van der Waals surface area contributed by atoms with Crippen LogP contribution in [0.3, 0.4) is 0 Å². The number of aromatic nitrogens is 6. The van der Waals surface area contributed by atoms with Crippen molar-refractivity contribution in [1.82, 2.24) is 29.5 Å². The SMILES string of the molecule is CC(Cn1cncn1)c1ncnn1CC(F)(F)F. The van der Waals surface area contributed by atoms with Gasteiger partial charge in [-0.1, -0.05) is 6.92 Å². The molecule has 0 aliphatic carbocycles. The zero-order valence-corrected chi connectivity index (χ0v) is 9.54. The summed E-state index contributed by atoms with van der Waals surface area (Å²) in [6, 6.07) is 0. The first-order valence-corrected chi connectivity index (χ1v) is 5.22. The van der Waals surface area contributed by atoms with Gasteiger partial charge in [-0.2, -0.15) is 23.4 Å². The van der Waals surface area contributed by atoms with Gasteiger partial charge in [0.2, 0.25) is 0 Å². The zero-order valence-electron chi connectivity index (χ0n) is 9.54. The van der Waals surface area contributed by atoms with Crippen LogP contribution in [0.1, 0.15) is 18.7 Å². The summed E-state index contributed by atoms with van der Waals surface area (Å²) in [5, 5.41) is 7.49. The Morgan fingerprint density at radius 3 is 2.67 bits per heavy atom. The largest absolute Gasteiger partial charge is 0.408 e. The van der Waals surface area contributed by atoms with Crippen LogP contribution in [0.15, 0.2) is 19.0 Å². The molecule has 0 fully saturated rings. The van der Waals surface area contributed by atoms with Crippen LogP contribution in [0.4, 0.5) is 13.2 Å². The van der Waals surface area contributed by atoms with Crippen LogP contribution in [0.2, 0.25) is 0 Å². The highest BCUT2D eigenvalue weighted by molar-refractivity contribution is 4.94. The van der Waals surface area contributed by atoms with Crippen molar-refractivity contribution >= 4 is 0 Å². The Morgan fingerprint density at radius 1 is 1.28 bits per heavy atom. The van der Waals surface area contributed by atoms with Gasteiger partial charge in [-0.25, -0.2) is 14.6 Å². The van der Waals surface area contributed by atoms with E-state index in [1.807, 2.05) is 0 Å². The quantitative estimate of drug-likeness (QED) is 0.829. The molecule has 0 aliphatic heterocycles. The van der Waals surface area contributed by atoms with Gasteiger partial charge < -0.3 is 0 Å². The third kappa shape index (κ3) is 3.05. The molecule has 0 saturated heterocycles. The van der Waals surface area contributed by atoms with Crippen molar-refractivity contribution in [3.8, 4) is 0 Å². The van der Waals surface area contributed by atoms with Gasteiger partial charge in [0, 0.05) is 5.92 Å². The van der Waals surface area contributed by atoms with Crippen LogP contribution in [-0.4, -0.2) is 35.7 Å². The number of nitrogens with zero attached hydrogens (tertiary/aromatic N) is 6. The molecular weight excluding hydrogens is 249 g/mol. The lowest BCUT2D eigenvalue weighted by Gasteiger charge is -2.13. The number of halogens is 3. The van der Waals surface area contributed by atoms with Crippen molar-refractivity contribution < 1.29 is 13.2 Å². The maximum atomic E-state index is 12.3. The molecule has 0 aliphatic rings. The van der Waals surface area contributed by atoms with Crippen molar-refractivity contribution in [2.75, 3.05) is 0 Å². The lowest BCUT2D eigenvalue weighted by Crippen LogP contribution is -2.22. The van der Waals surface area contributed by atoms with E-state index in [1.54, 1.807) is 6.92 Å². The van der Waals surface area contributed by atoms with E-state index in [1.165, 1.54) is 17.3 Å². The van der Waals surface area contributed by atoms with Gasteiger partial charge in [0.05, 0.1) is 6.54 Å². The van der Waals surface area contributed by atoms with E-state index < -0.39 is 12.7 Å². The molecule has 2 aromatic rings. The highest BCUT2D eigenvalue weighted by atomic mass is 19.4. The van der Waals surface area contributed by atoms with Crippen molar-refractivity contribution in [2.24, 2.45) is 0 Å². The smallest absolute Gasteiger partial charge is 0.252 e. The third-order valence-electron chi connectivity index (χ3n) is 2.34. The predicted molar refractivity (Wildman–Crippen MR) is 54.5 cm³/mol. The third-order valence-corrected chi connectivity index (χ3v) is 2.34. The second-order valence-electron chi connectivity index (χ2n) is 3.91. The second-order valence-corrected chi connectivity index (χ2v) is 3.91. The fourth-order valence-corrected chi connectivity index (χ4v) is 1.64.